The number of fused-ring (bicyclic) bond motifs is 1. The minimum atomic E-state index is -4.45. The number of aromatic nitrogens is 1. The van der Waals surface area contributed by atoms with Crippen LogP contribution in [0.15, 0.2) is 36.4 Å². The van der Waals surface area contributed by atoms with Gasteiger partial charge in [0.1, 0.15) is 6.10 Å². The van der Waals surface area contributed by atoms with Crippen molar-refractivity contribution in [3.8, 4) is 5.19 Å². The van der Waals surface area contributed by atoms with Crippen LogP contribution in [-0.2, 0) is 6.18 Å². The Morgan fingerprint density at radius 3 is 2.55 bits per heavy atom. The lowest BCUT2D eigenvalue weighted by molar-refractivity contribution is -0.137. The van der Waals surface area contributed by atoms with Crippen molar-refractivity contribution in [1.29, 1.82) is 0 Å². The molecule has 3 aromatic rings. The number of urea groups is 1. The Balaban J connectivity index is 1.34. The summed E-state index contributed by atoms with van der Waals surface area (Å²) in [5.74, 6) is 0. The highest BCUT2D eigenvalue weighted by atomic mass is 32.1. The molecule has 0 radical (unpaired) electrons. The van der Waals surface area contributed by atoms with E-state index in [-0.39, 0.29) is 11.8 Å². The van der Waals surface area contributed by atoms with Gasteiger partial charge in [0, 0.05) is 31.6 Å². The summed E-state index contributed by atoms with van der Waals surface area (Å²) in [5, 5.41) is 3.18. The maximum Gasteiger partial charge on any atom is 0.416 e. The number of hydrogen-bond donors (Lipinski definition) is 1. The minimum Gasteiger partial charge on any atom is -0.467 e. The number of amides is 2. The van der Waals surface area contributed by atoms with E-state index in [4.69, 9.17) is 4.74 Å². The van der Waals surface area contributed by atoms with Crippen LogP contribution in [0.2, 0.25) is 0 Å². The fraction of sp³-hybridized carbons (Fsp3) is 0.364. The normalized spacial score (nSPS) is 15.3. The molecule has 9 heteroatoms. The van der Waals surface area contributed by atoms with E-state index in [0.29, 0.717) is 31.1 Å². The average molecular weight is 449 g/mol. The smallest absolute Gasteiger partial charge is 0.416 e. The summed E-state index contributed by atoms with van der Waals surface area (Å²) in [6.07, 6.45) is -3.25. The van der Waals surface area contributed by atoms with Gasteiger partial charge in [-0.3, -0.25) is 0 Å². The van der Waals surface area contributed by atoms with Crippen LogP contribution in [0.4, 0.5) is 23.7 Å². The average Bonchev–Trinajstić information content (AvgIpc) is 3.16. The van der Waals surface area contributed by atoms with Crippen LogP contribution in [0.25, 0.3) is 10.2 Å². The molecule has 4 rings (SSSR count). The quantitative estimate of drug-likeness (QED) is 0.533. The third kappa shape index (κ3) is 4.76. The lowest BCUT2D eigenvalue weighted by Gasteiger charge is -2.31. The van der Waals surface area contributed by atoms with Crippen molar-refractivity contribution >= 4 is 33.3 Å². The molecule has 0 bridgehead atoms. The van der Waals surface area contributed by atoms with Gasteiger partial charge in [-0.2, -0.15) is 13.2 Å². The number of aryl methyl sites for hydroxylation is 2. The number of likely N-dealkylation sites (tertiary alicyclic amines) is 1. The van der Waals surface area contributed by atoms with Gasteiger partial charge in [-0.25, -0.2) is 9.78 Å². The lowest BCUT2D eigenvalue weighted by atomic mass is 10.1. The maximum atomic E-state index is 12.9. The largest absolute Gasteiger partial charge is 0.467 e. The van der Waals surface area contributed by atoms with Gasteiger partial charge < -0.3 is 15.0 Å². The van der Waals surface area contributed by atoms with Crippen molar-refractivity contribution < 1.29 is 22.7 Å². The Morgan fingerprint density at radius 1 is 1.16 bits per heavy atom. The SMILES string of the molecule is Cc1ccc(C)c2sc(OC3CCN(C(=O)Nc4cccc(C(F)(F)F)c4)CC3)nc12. The molecule has 1 aromatic heterocycles. The van der Waals surface area contributed by atoms with E-state index >= 15 is 0 Å². The van der Waals surface area contributed by atoms with E-state index in [0.717, 1.165) is 33.5 Å². The second-order valence-electron chi connectivity index (χ2n) is 7.67. The zero-order valence-electron chi connectivity index (χ0n) is 17.1. The Labute approximate surface area is 181 Å². The third-order valence-electron chi connectivity index (χ3n) is 5.36. The molecule has 1 aliphatic heterocycles. The summed E-state index contributed by atoms with van der Waals surface area (Å²) < 4.78 is 45.8. The molecule has 2 aromatic carbocycles. The molecule has 0 unspecified atom stereocenters. The molecule has 0 aliphatic carbocycles. The summed E-state index contributed by atoms with van der Waals surface area (Å²) in [5.41, 5.74) is 2.55. The Morgan fingerprint density at radius 2 is 1.87 bits per heavy atom. The number of piperidine rings is 1. The predicted octanol–water partition coefficient (Wildman–Crippen LogP) is 6.01. The second kappa shape index (κ2) is 8.37. The molecule has 0 atom stereocenters. The number of alkyl halides is 3. The van der Waals surface area contributed by atoms with Gasteiger partial charge in [0.25, 0.3) is 5.19 Å². The first-order chi connectivity index (χ1) is 14.7. The number of rotatable bonds is 3. The van der Waals surface area contributed by atoms with Crippen molar-refractivity contribution in [2.24, 2.45) is 0 Å². The van der Waals surface area contributed by atoms with Gasteiger partial charge >= 0.3 is 12.2 Å². The highest BCUT2D eigenvalue weighted by molar-refractivity contribution is 7.20. The molecular weight excluding hydrogens is 427 g/mol. The molecular formula is C22H22F3N3O2S. The zero-order chi connectivity index (χ0) is 22.2. The van der Waals surface area contributed by atoms with Gasteiger partial charge in [0.2, 0.25) is 0 Å². The summed E-state index contributed by atoms with van der Waals surface area (Å²) in [6.45, 7) is 4.98. The van der Waals surface area contributed by atoms with E-state index in [2.05, 4.69) is 16.4 Å². The standard InChI is InChI=1S/C22H22F3N3O2S/c1-13-6-7-14(2)19-18(13)27-21(31-19)30-17-8-10-28(11-9-17)20(29)26-16-5-3-4-15(12-16)22(23,24)25/h3-7,12,17H,8-11H2,1-2H3,(H,26,29). The van der Waals surface area contributed by atoms with E-state index in [9.17, 15) is 18.0 Å². The fourth-order valence-corrected chi connectivity index (χ4v) is 4.61. The number of nitrogens with zero attached hydrogens (tertiary/aromatic N) is 2. The number of benzene rings is 2. The van der Waals surface area contributed by atoms with E-state index < -0.39 is 17.8 Å². The first-order valence-electron chi connectivity index (χ1n) is 9.97. The molecule has 1 saturated heterocycles. The maximum absolute atomic E-state index is 12.9. The predicted molar refractivity (Wildman–Crippen MR) is 115 cm³/mol. The zero-order valence-corrected chi connectivity index (χ0v) is 17.9. The van der Waals surface area contributed by atoms with Gasteiger partial charge in [-0.05, 0) is 43.2 Å². The summed E-state index contributed by atoms with van der Waals surface area (Å²) in [6, 6.07) is 8.34. The number of carbonyl (C=O) groups is 1. The number of nitrogens with one attached hydrogen (secondary N) is 1. The highest BCUT2D eigenvalue weighted by Crippen LogP contribution is 2.34. The molecule has 1 fully saturated rings. The Kier molecular flexibility index (Phi) is 5.79. The highest BCUT2D eigenvalue weighted by Gasteiger charge is 2.31. The molecule has 31 heavy (non-hydrogen) atoms. The van der Waals surface area contributed by atoms with Crippen LogP contribution >= 0.6 is 11.3 Å². The number of ether oxygens (including phenoxy) is 1. The van der Waals surface area contributed by atoms with E-state index in [1.807, 2.05) is 19.9 Å². The van der Waals surface area contributed by atoms with Crippen molar-refractivity contribution in [2.75, 3.05) is 18.4 Å². The number of anilines is 1. The van der Waals surface area contributed by atoms with Crippen LogP contribution in [0.1, 0.15) is 29.5 Å². The van der Waals surface area contributed by atoms with Crippen LogP contribution in [0.5, 0.6) is 5.19 Å². The minimum absolute atomic E-state index is 0.0567. The van der Waals surface area contributed by atoms with Crippen molar-refractivity contribution in [3.63, 3.8) is 0 Å². The lowest BCUT2D eigenvalue weighted by Crippen LogP contribution is -2.43. The van der Waals surface area contributed by atoms with E-state index in [1.54, 1.807) is 4.90 Å². The number of hydrogen-bond acceptors (Lipinski definition) is 4. The molecule has 5 nitrogen and oxygen atoms in total. The summed E-state index contributed by atoms with van der Waals surface area (Å²) >= 11 is 1.53. The summed E-state index contributed by atoms with van der Waals surface area (Å²) in [7, 11) is 0. The monoisotopic (exact) mass is 449 g/mol. The summed E-state index contributed by atoms with van der Waals surface area (Å²) in [4.78, 5) is 18.7. The molecule has 0 spiro atoms. The van der Waals surface area contributed by atoms with Gasteiger partial charge in [0.15, 0.2) is 0 Å². The second-order valence-corrected chi connectivity index (χ2v) is 8.63. The number of thiazole rings is 1. The van der Waals surface area contributed by atoms with Gasteiger partial charge in [0.05, 0.1) is 15.8 Å². The van der Waals surface area contributed by atoms with Crippen molar-refractivity contribution in [2.45, 2.75) is 39.0 Å². The van der Waals surface area contributed by atoms with Gasteiger partial charge in [-0.15, -0.1) is 0 Å². The molecule has 2 amide bonds. The van der Waals surface area contributed by atoms with Crippen molar-refractivity contribution in [3.05, 3.63) is 53.1 Å². The fourth-order valence-electron chi connectivity index (χ4n) is 3.59. The van der Waals surface area contributed by atoms with E-state index in [1.165, 1.54) is 23.5 Å². The molecule has 0 saturated carbocycles. The topological polar surface area (TPSA) is 54.5 Å². The number of carbonyl (C=O) groups excluding carboxylic acids is 1. The first kappa shape index (κ1) is 21.4. The first-order valence-corrected chi connectivity index (χ1v) is 10.8. The van der Waals surface area contributed by atoms with Gasteiger partial charge in [-0.1, -0.05) is 29.5 Å². The van der Waals surface area contributed by atoms with Crippen LogP contribution in [-0.4, -0.2) is 35.1 Å². The van der Waals surface area contributed by atoms with Crippen LogP contribution in [0, 0.1) is 13.8 Å². The van der Waals surface area contributed by atoms with Crippen molar-refractivity contribution in [1.82, 2.24) is 9.88 Å². The number of halogens is 3. The Bertz CT molecular complexity index is 1070. The molecule has 164 valence electrons. The van der Waals surface area contributed by atoms with Crippen LogP contribution < -0.4 is 10.1 Å². The third-order valence-corrected chi connectivity index (χ3v) is 6.44. The molecule has 2 heterocycles. The Hall–Kier alpha value is -2.81. The molecule has 1 aliphatic rings. The van der Waals surface area contributed by atoms with Crippen LogP contribution in [0.3, 0.4) is 0 Å². The molecule has 1 N–H and O–H groups in total.